The van der Waals surface area contributed by atoms with Crippen LogP contribution in [0.25, 0.3) is 0 Å². The molecule has 1 aliphatic heterocycles. The highest BCUT2D eigenvalue weighted by Gasteiger charge is 2.15. The van der Waals surface area contributed by atoms with Crippen molar-refractivity contribution in [2.75, 3.05) is 20.9 Å². The Hall–Kier alpha value is -0.970. The van der Waals surface area contributed by atoms with Gasteiger partial charge in [0.2, 0.25) is 0 Å². The molecular weight excluding hydrogens is 170 g/mol. The largest absolute Gasteiger partial charge is 0.467 e. The second-order valence-corrected chi connectivity index (χ2v) is 2.15. The van der Waals surface area contributed by atoms with Gasteiger partial charge in [-0.15, -0.1) is 4.99 Å². The standard InChI is InChI=1S/C5H8ClN3O2/c1-10-4-7-3-9(6)5(8-4)11-2/h3H2,1-2H3. The quantitative estimate of drug-likeness (QED) is 0.504. The number of ether oxygens (including phenoxy) is 2. The monoisotopic (exact) mass is 177 g/mol. The topological polar surface area (TPSA) is 46.4 Å². The number of hydrogen-bond acceptors (Lipinski definition) is 5. The number of aliphatic imine (C=N–C) groups is 2. The third-order valence-electron chi connectivity index (χ3n) is 1.09. The summed E-state index contributed by atoms with van der Waals surface area (Å²) in [7, 11) is 2.96. The number of nitrogens with zero attached hydrogens (tertiary/aromatic N) is 3. The lowest BCUT2D eigenvalue weighted by molar-refractivity contribution is 0.329. The zero-order valence-electron chi connectivity index (χ0n) is 6.24. The number of amidine groups is 2. The van der Waals surface area contributed by atoms with Crippen LogP contribution in [0.5, 0.6) is 0 Å². The highest BCUT2D eigenvalue weighted by Crippen LogP contribution is 2.04. The van der Waals surface area contributed by atoms with Gasteiger partial charge in [0, 0.05) is 11.8 Å². The maximum atomic E-state index is 5.62. The highest BCUT2D eigenvalue weighted by molar-refractivity contribution is 6.22. The van der Waals surface area contributed by atoms with Crippen molar-refractivity contribution >= 4 is 23.8 Å². The summed E-state index contributed by atoms with van der Waals surface area (Å²) < 4.78 is 10.8. The molecule has 0 saturated heterocycles. The molecule has 0 aromatic rings. The molecule has 0 saturated carbocycles. The van der Waals surface area contributed by atoms with Crippen molar-refractivity contribution in [1.82, 2.24) is 4.42 Å². The molecule has 1 heterocycles. The summed E-state index contributed by atoms with van der Waals surface area (Å²) in [4.78, 5) is 7.66. The average Bonchev–Trinajstić information content (AvgIpc) is 2.05. The van der Waals surface area contributed by atoms with Gasteiger partial charge in [-0.05, 0) is 0 Å². The van der Waals surface area contributed by atoms with Crippen molar-refractivity contribution in [1.29, 1.82) is 0 Å². The van der Waals surface area contributed by atoms with Crippen LogP contribution in [0, 0.1) is 0 Å². The summed E-state index contributed by atoms with van der Waals surface area (Å²) in [5.74, 6) is 0. The SMILES string of the molecule is COC1=NCN(Cl)C(OC)=N1. The van der Waals surface area contributed by atoms with E-state index >= 15 is 0 Å². The third kappa shape index (κ3) is 1.74. The zero-order valence-corrected chi connectivity index (χ0v) is 7.00. The van der Waals surface area contributed by atoms with Gasteiger partial charge in [-0.2, -0.15) is 0 Å². The smallest absolute Gasteiger partial charge is 0.317 e. The molecule has 0 spiro atoms. The van der Waals surface area contributed by atoms with E-state index in [1.807, 2.05) is 0 Å². The maximum Gasteiger partial charge on any atom is 0.317 e. The summed E-state index contributed by atoms with van der Waals surface area (Å²) in [5.41, 5.74) is 0. The van der Waals surface area contributed by atoms with Crippen molar-refractivity contribution in [2.24, 2.45) is 9.98 Å². The first kappa shape index (κ1) is 8.13. The molecule has 0 aliphatic carbocycles. The minimum absolute atomic E-state index is 0.277. The first-order chi connectivity index (χ1) is 5.27. The van der Waals surface area contributed by atoms with Crippen molar-refractivity contribution in [2.45, 2.75) is 0 Å². The Morgan fingerprint density at radius 1 is 1.45 bits per heavy atom. The van der Waals surface area contributed by atoms with E-state index < -0.39 is 0 Å². The molecule has 0 aromatic heterocycles. The Bertz CT molecular complexity index is 204. The van der Waals surface area contributed by atoms with Crippen molar-refractivity contribution in [3.8, 4) is 0 Å². The molecule has 62 valence electrons. The van der Waals surface area contributed by atoms with Gasteiger partial charge >= 0.3 is 12.0 Å². The van der Waals surface area contributed by atoms with E-state index in [2.05, 4.69) is 9.98 Å². The van der Waals surface area contributed by atoms with Crippen LogP contribution in [0.2, 0.25) is 0 Å². The molecular formula is C5H8ClN3O2. The summed E-state index contributed by atoms with van der Waals surface area (Å²) in [6.45, 7) is 0.289. The van der Waals surface area contributed by atoms with Gasteiger partial charge in [-0.25, -0.2) is 9.41 Å². The minimum atomic E-state index is 0.277. The number of rotatable bonds is 0. The Kier molecular flexibility index (Phi) is 2.53. The highest BCUT2D eigenvalue weighted by atomic mass is 35.5. The lowest BCUT2D eigenvalue weighted by Gasteiger charge is -2.17. The van der Waals surface area contributed by atoms with Gasteiger partial charge in [-0.1, -0.05) is 0 Å². The van der Waals surface area contributed by atoms with Gasteiger partial charge in [0.25, 0.3) is 0 Å². The van der Waals surface area contributed by atoms with E-state index in [0.29, 0.717) is 6.02 Å². The van der Waals surface area contributed by atoms with Gasteiger partial charge < -0.3 is 9.47 Å². The molecule has 5 nitrogen and oxygen atoms in total. The fourth-order valence-corrected chi connectivity index (χ4v) is 0.770. The molecule has 1 aliphatic rings. The minimum Gasteiger partial charge on any atom is -0.467 e. The molecule has 0 bridgehead atoms. The first-order valence-corrected chi connectivity index (χ1v) is 3.26. The second kappa shape index (κ2) is 3.43. The van der Waals surface area contributed by atoms with Crippen LogP contribution in [-0.2, 0) is 9.47 Å². The normalized spacial score (nSPS) is 17.2. The fourth-order valence-electron chi connectivity index (χ4n) is 0.609. The number of methoxy groups -OCH3 is 2. The first-order valence-electron chi connectivity index (χ1n) is 2.92. The lowest BCUT2D eigenvalue weighted by Crippen LogP contribution is -2.29. The van der Waals surface area contributed by atoms with Crippen LogP contribution in [0.15, 0.2) is 9.98 Å². The molecule has 11 heavy (non-hydrogen) atoms. The zero-order chi connectivity index (χ0) is 8.27. The predicted molar refractivity (Wildman–Crippen MR) is 41.4 cm³/mol. The van der Waals surface area contributed by atoms with Crippen LogP contribution in [-0.4, -0.2) is 37.4 Å². The Labute approximate surface area is 69.4 Å². The molecule has 0 amide bonds. The summed E-state index contributed by atoms with van der Waals surface area (Å²) in [6.07, 6.45) is 0. The number of halogens is 1. The lowest BCUT2D eigenvalue weighted by atomic mass is 10.8. The molecule has 0 N–H and O–H groups in total. The number of hydrogen-bond donors (Lipinski definition) is 0. The molecule has 6 heteroatoms. The van der Waals surface area contributed by atoms with Crippen molar-refractivity contribution < 1.29 is 9.47 Å². The van der Waals surface area contributed by atoms with Crippen LogP contribution < -0.4 is 0 Å². The summed E-state index contributed by atoms with van der Waals surface area (Å²) >= 11 is 5.62. The van der Waals surface area contributed by atoms with Crippen LogP contribution in [0.4, 0.5) is 0 Å². The molecule has 0 radical (unpaired) electrons. The van der Waals surface area contributed by atoms with E-state index in [0.717, 1.165) is 0 Å². The average molecular weight is 178 g/mol. The van der Waals surface area contributed by atoms with Crippen LogP contribution >= 0.6 is 11.8 Å². The molecule has 0 atom stereocenters. The summed E-state index contributed by atoms with van der Waals surface area (Å²) in [5, 5.41) is 0. The van der Waals surface area contributed by atoms with Gasteiger partial charge in [-0.3, -0.25) is 0 Å². The van der Waals surface area contributed by atoms with E-state index in [1.54, 1.807) is 0 Å². The van der Waals surface area contributed by atoms with Crippen molar-refractivity contribution in [3.05, 3.63) is 0 Å². The molecule has 0 aromatic carbocycles. The molecule has 0 fully saturated rings. The fraction of sp³-hybridized carbons (Fsp3) is 0.600. The predicted octanol–water partition coefficient (Wildman–Crippen LogP) is 0.418. The second-order valence-electron chi connectivity index (χ2n) is 1.75. The maximum absolute atomic E-state index is 5.62. The van der Waals surface area contributed by atoms with Crippen LogP contribution in [0.3, 0.4) is 0 Å². The Morgan fingerprint density at radius 3 is 2.73 bits per heavy atom. The molecule has 0 unspecified atom stereocenters. The third-order valence-corrected chi connectivity index (χ3v) is 1.35. The van der Waals surface area contributed by atoms with Crippen molar-refractivity contribution in [3.63, 3.8) is 0 Å². The van der Waals surface area contributed by atoms with E-state index in [9.17, 15) is 0 Å². The van der Waals surface area contributed by atoms with E-state index in [4.69, 9.17) is 21.3 Å². The van der Waals surface area contributed by atoms with E-state index in [-0.39, 0.29) is 12.7 Å². The van der Waals surface area contributed by atoms with Gasteiger partial charge in [0.05, 0.1) is 14.2 Å². The Balaban J connectivity index is 2.71. The molecule has 1 rings (SSSR count). The van der Waals surface area contributed by atoms with E-state index in [1.165, 1.54) is 18.6 Å². The van der Waals surface area contributed by atoms with Gasteiger partial charge in [0.15, 0.2) is 0 Å². The van der Waals surface area contributed by atoms with Crippen LogP contribution in [0.1, 0.15) is 0 Å². The van der Waals surface area contributed by atoms with Gasteiger partial charge in [0.1, 0.15) is 6.67 Å². The summed E-state index contributed by atoms with van der Waals surface area (Å²) in [6, 6.07) is 0.567. The Morgan fingerprint density at radius 2 is 2.18 bits per heavy atom.